The zero-order valence-electron chi connectivity index (χ0n) is 12.4. The van der Waals surface area contributed by atoms with Crippen molar-refractivity contribution in [3.8, 4) is 17.6 Å². The molecule has 116 valence electrons. The minimum absolute atomic E-state index is 0.102. The largest absolute Gasteiger partial charge is 0.493 e. The number of hydrogen-bond donors (Lipinski definition) is 1. The molecule has 1 aromatic carbocycles. The van der Waals surface area contributed by atoms with Crippen LogP contribution in [0, 0.1) is 11.3 Å². The summed E-state index contributed by atoms with van der Waals surface area (Å²) >= 11 is 6.38. The summed E-state index contributed by atoms with van der Waals surface area (Å²) in [4.78, 5) is 11.8. The van der Waals surface area contributed by atoms with Crippen LogP contribution in [0.2, 0.25) is 5.02 Å². The van der Waals surface area contributed by atoms with Crippen molar-refractivity contribution >= 4 is 17.5 Å². The van der Waals surface area contributed by atoms with Crippen LogP contribution in [0.4, 0.5) is 0 Å². The summed E-state index contributed by atoms with van der Waals surface area (Å²) in [6.07, 6.45) is 0.102. The van der Waals surface area contributed by atoms with Crippen LogP contribution >= 0.6 is 11.6 Å². The lowest BCUT2D eigenvalue weighted by Gasteiger charge is -2.25. The quantitative estimate of drug-likeness (QED) is 0.920. The molecule has 1 N–H and O–H groups in total. The number of carbonyl (C=O) groups is 1. The molecule has 0 radical (unpaired) electrons. The van der Waals surface area contributed by atoms with Crippen LogP contribution in [0.15, 0.2) is 23.6 Å². The molecule has 7 heteroatoms. The Morgan fingerprint density at radius 3 is 2.55 bits per heavy atom. The van der Waals surface area contributed by atoms with E-state index in [0.29, 0.717) is 27.7 Å². The van der Waals surface area contributed by atoms with Gasteiger partial charge in [0.25, 0.3) is 0 Å². The van der Waals surface area contributed by atoms with Gasteiger partial charge in [-0.2, -0.15) is 5.26 Å². The van der Waals surface area contributed by atoms with Crippen LogP contribution in [0.25, 0.3) is 0 Å². The number of carbonyl (C=O) groups excluding carboxylic acids is 1. The van der Waals surface area contributed by atoms with Gasteiger partial charge in [-0.15, -0.1) is 0 Å². The number of benzene rings is 1. The minimum atomic E-state index is -0.499. The smallest absolute Gasteiger partial charge is 0.227 e. The van der Waals surface area contributed by atoms with Crippen molar-refractivity contribution in [1.29, 1.82) is 5.26 Å². The minimum Gasteiger partial charge on any atom is -0.493 e. The van der Waals surface area contributed by atoms with Crippen LogP contribution in [-0.4, -0.2) is 27.2 Å². The number of nitrogens with zero attached hydrogens (tertiary/aromatic N) is 1. The molecule has 0 aliphatic carbocycles. The third-order valence-electron chi connectivity index (χ3n) is 3.45. The summed E-state index contributed by atoms with van der Waals surface area (Å²) in [5, 5.41) is 12.2. The SMILES string of the molecule is COC1=C(C#N)C(c2ccc(OC)c(OC)c2Cl)CC(=O)N1. The Hall–Kier alpha value is -2.39. The van der Waals surface area contributed by atoms with Crippen molar-refractivity contribution in [3.63, 3.8) is 0 Å². The first-order valence-corrected chi connectivity index (χ1v) is 6.83. The second kappa shape index (κ2) is 6.58. The fourth-order valence-electron chi connectivity index (χ4n) is 2.42. The van der Waals surface area contributed by atoms with E-state index >= 15 is 0 Å². The highest BCUT2D eigenvalue weighted by atomic mass is 35.5. The van der Waals surface area contributed by atoms with E-state index < -0.39 is 5.92 Å². The van der Waals surface area contributed by atoms with Crippen LogP contribution in [0.5, 0.6) is 11.5 Å². The monoisotopic (exact) mass is 322 g/mol. The molecule has 0 spiro atoms. The molecule has 1 heterocycles. The van der Waals surface area contributed by atoms with Gasteiger partial charge in [-0.05, 0) is 11.6 Å². The summed E-state index contributed by atoms with van der Waals surface area (Å²) in [6, 6.07) is 5.48. The van der Waals surface area contributed by atoms with E-state index in [4.69, 9.17) is 25.8 Å². The Bertz CT molecular complexity index is 679. The lowest BCUT2D eigenvalue weighted by Crippen LogP contribution is -2.32. The summed E-state index contributed by atoms with van der Waals surface area (Å²) in [5.74, 6) is 0.247. The molecular formula is C15H15ClN2O4. The van der Waals surface area contributed by atoms with Crippen molar-refractivity contribution in [2.75, 3.05) is 21.3 Å². The maximum Gasteiger partial charge on any atom is 0.227 e. The van der Waals surface area contributed by atoms with Crippen molar-refractivity contribution in [2.24, 2.45) is 0 Å². The van der Waals surface area contributed by atoms with Gasteiger partial charge in [0.15, 0.2) is 11.5 Å². The summed E-state index contributed by atoms with van der Waals surface area (Å²) < 4.78 is 15.5. The molecule has 1 aliphatic heterocycles. The van der Waals surface area contributed by atoms with E-state index in [-0.39, 0.29) is 18.2 Å². The first-order chi connectivity index (χ1) is 10.6. The molecule has 1 unspecified atom stereocenters. The molecule has 22 heavy (non-hydrogen) atoms. The molecule has 0 saturated carbocycles. The van der Waals surface area contributed by atoms with Gasteiger partial charge in [-0.1, -0.05) is 17.7 Å². The van der Waals surface area contributed by atoms with Crippen LogP contribution in [0.1, 0.15) is 17.9 Å². The van der Waals surface area contributed by atoms with E-state index in [2.05, 4.69) is 11.4 Å². The fraction of sp³-hybridized carbons (Fsp3) is 0.333. The molecule has 1 aliphatic rings. The molecule has 1 atom stereocenters. The second-order valence-corrected chi connectivity index (χ2v) is 4.95. The van der Waals surface area contributed by atoms with Crippen molar-refractivity contribution < 1.29 is 19.0 Å². The predicted molar refractivity (Wildman–Crippen MR) is 79.7 cm³/mol. The number of halogens is 1. The Labute approximate surface area is 133 Å². The summed E-state index contributed by atoms with van der Waals surface area (Å²) in [6.45, 7) is 0. The summed E-state index contributed by atoms with van der Waals surface area (Å²) in [5.41, 5.74) is 0.927. The number of amides is 1. The third kappa shape index (κ3) is 2.68. The van der Waals surface area contributed by atoms with Crippen molar-refractivity contribution in [3.05, 3.63) is 34.2 Å². The average Bonchev–Trinajstić information content (AvgIpc) is 2.53. The molecule has 0 aromatic heterocycles. The van der Waals surface area contributed by atoms with Gasteiger partial charge in [-0.25, -0.2) is 0 Å². The zero-order valence-corrected chi connectivity index (χ0v) is 13.2. The Kier molecular flexibility index (Phi) is 4.78. The molecular weight excluding hydrogens is 308 g/mol. The number of nitrogens with one attached hydrogen (secondary N) is 1. The maximum atomic E-state index is 11.8. The molecule has 1 amide bonds. The standard InChI is InChI=1S/C15H15ClN2O4/c1-20-11-5-4-8(13(16)14(11)21-2)9-6-12(19)18-15(22-3)10(9)7-17/h4-5,9H,6H2,1-3H3,(H,18,19). The number of hydrogen-bond acceptors (Lipinski definition) is 5. The van der Waals surface area contributed by atoms with Gasteiger partial charge in [0.2, 0.25) is 11.8 Å². The lowest BCUT2D eigenvalue weighted by atomic mass is 9.86. The van der Waals surface area contributed by atoms with E-state index in [1.165, 1.54) is 21.3 Å². The van der Waals surface area contributed by atoms with Crippen LogP contribution in [0.3, 0.4) is 0 Å². The topological polar surface area (TPSA) is 80.6 Å². The average molecular weight is 323 g/mol. The van der Waals surface area contributed by atoms with Gasteiger partial charge >= 0.3 is 0 Å². The van der Waals surface area contributed by atoms with Gasteiger partial charge in [-0.3, -0.25) is 10.1 Å². The molecule has 6 nitrogen and oxygen atoms in total. The lowest BCUT2D eigenvalue weighted by molar-refractivity contribution is -0.122. The van der Waals surface area contributed by atoms with E-state index in [0.717, 1.165) is 0 Å². The number of rotatable bonds is 4. The molecule has 2 rings (SSSR count). The van der Waals surface area contributed by atoms with Gasteiger partial charge in [0.05, 0.1) is 31.9 Å². The van der Waals surface area contributed by atoms with Crippen molar-refractivity contribution in [1.82, 2.24) is 5.32 Å². The third-order valence-corrected chi connectivity index (χ3v) is 3.84. The molecule has 0 saturated heterocycles. The maximum absolute atomic E-state index is 11.8. The summed E-state index contributed by atoms with van der Waals surface area (Å²) in [7, 11) is 4.37. The van der Waals surface area contributed by atoms with Gasteiger partial charge < -0.3 is 14.2 Å². The first-order valence-electron chi connectivity index (χ1n) is 6.45. The first kappa shape index (κ1) is 16.0. The molecule has 0 fully saturated rings. The van der Waals surface area contributed by atoms with Crippen molar-refractivity contribution in [2.45, 2.75) is 12.3 Å². The zero-order chi connectivity index (χ0) is 16.3. The molecule has 0 bridgehead atoms. The Morgan fingerprint density at radius 2 is 2.00 bits per heavy atom. The number of allylic oxidation sites excluding steroid dienone is 1. The van der Waals surface area contributed by atoms with Gasteiger partial charge in [0.1, 0.15) is 6.07 Å². The number of ether oxygens (including phenoxy) is 3. The van der Waals surface area contributed by atoms with Crippen LogP contribution in [-0.2, 0) is 9.53 Å². The highest BCUT2D eigenvalue weighted by molar-refractivity contribution is 6.33. The Morgan fingerprint density at radius 1 is 1.27 bits per heavy atom. The van der Waals surface area contributed by atoms with Gasteiger partial charge in [0, 0.05) is 12.3 Å². The predicted octanol–water partition coefficient (Wildman–Crippen LogP) is 2.34. The van der Waals surface area contributed by atoms with E-state index in [1.807, 2.05) is 0 Å². The Balaban J connectivity index is 2.60. The fourth-order valence-corrected chi connectivity index (χ4v) is 2.78. The second-order valence-electron chi connectivity index (χ2n) is 4.57. The van der Waals surface area contributed by atoms with Crippen LogP contribution < -0.4 is 14.8 Å². The normalized spacial score (nSPS) is 17.6. The highest BCUT2D eigenvalue weighted by Gasteiger charge is 2.32. The van der Waals surface area contributed by atoms with E-state index in [1.54, 1.807) is 12.1 Å². The number of nitriles is 1. The molecule has 1 aromatic rings. The highest BCUT2D eigenvalue weighted by Crippen LogP contribution is 2.44. The van der Waals surface area contributed by atoms with E-state index in [9.17, 15) is 10.1 Å². The number of methoxy groups -OCH3 is 3.